The second-order valence-electron chi connectivity index (χ2n) is 5.11. The summed E-state index contributed by atoms with van der Waals surface area (Å²) < 4.78 is 2.77. The lowest BCUT2D eigenvalue weighted by Crippen LogP contribution is -2.47. The summed E-state index contributed by atoms with van der Waals surface area (Å²) in [5.41, 5.74) is 1.58. The summed E-state index contributed by atoms with van der Waals surface area (Å²) in [5.74, 6) is 0. The summed E-state index contributed by atoms with van der Waals surface area (Å²) in [7, 11) is -0.943. The standard InChI is InChI=1S/C10H27NSi2/c1-9(2)11(10(3)4)13(7)8-12(5)6/h9-10,12-13H,8H2,1-7H3. The highest BCUT2D eigenvalue weighted by molar-refractivity contribution is 6.74. The van der Waals surface area contributed by atoms with Gasteiger partial charge in [0.1, 0.15) is 8.96 Å². The summed E-state index contributed by atoms with van der Waals surface area (Å²) >= 11 is 0. The molecule has 0 rings (SSSR count). The van der Waals surface area contributed by atoms with Gasteiger partial charge >= 0.3 is 0 Å². The Bertz CT molecular complexity index is 127. The normalized spacial score (nSPS) is 15.0. The SMILES string of the molecule is CC(C)N(C(C)C)[SiH](C)C[SiH](C)C. The quantitative estimate of drug-likeness (QED) is 0.640. The van der Waals surface area contributed by atoms with Crippen LogP contribution in [0.1, 0.15) is 27.7 Å². The van der Waals surface area contributed by atoms with Crippen molar-refractivity contribution in [1.82, 2.24) is 4.57 Å². The molecule has 0 spiro atoms. The second-order valence-corrected chi connectivity index (χ2v) is 12.1. The maximum absolute atomic E-state index is 2.77. The van der Waals surface area contributed by atoms with Gasteiger partial charge in [-0.15, -0.1) is 0 Å². The third-order valence-electron chi connectivity index (χ3n) is 2.51. The highest BCUT2D eigenvalue weighted by atomic mass is 28.3. The van der Waals surface area contributed by atoms with E-state index in [2.05, 4.69) is 51.9 Å². The van der Waals surface area contributed by atoms with Crippen molar-refractivity contribution in [2.24, 2.45) is 0 Å². The number of nitrogens with zero attached hydrogens (tertiary/aromatic N) is 1. The summed E-state index contributed by atoms with van der Waals surface area (Å²) in [5, 5.41) is 0. The van der Waals surface area contributed by atoms with Gasteiger partial charge in [0.05, 0.1) is 0 Å². The third kappa shape index (κ3) is 4.98. The topological polar surface area (TPSA) is 3.24 Å². The first-order valence-corrected chi connectivity index (χ1v) is 11.2. The lowest BCUT2D eigenvalue weighted by Gasteiger charge is -2.36. The predicted molar refractivity (Wildman–Crippen MR) is 68.8 cm³/mol. The largest absolute Gasteiger partial charge is 0.322 e. The van der Waals surface area contributed by atoms with Gasteiger partial charge in [-0.2, -0.15) is 0 Å². The molecule has 0 aromatic carbocycles. The molecule has 1 nitrogen and oxygen atoms in total. The van der Waals surface area contributed by atoms with Gasteiger partial charge in [-0.1, -0.05) is 53.0 Å². The van der Waals surface area contributed by atoms with E-state index in [1.807, 2.05) is 0 Å². The van der Waals surface area contributed by atoms with Crippen molar-refractivity contribution in [3.05, 3.63) is 0 Å². The third-order valence-corrected chi connectivity index (χ3v) is 11.2. The highest BCUT2D eigenvalue weighted by Gasteiger charge is 2.21. The molecule has 0 aliphatic heterocycles. The van der Waals surface area contributed by atoms with Gasteiger partial charge in [0.15, 0.2) is 0 Å². The molecule has 1 atom stereocenters. The van der Waals surface area contributed by atoms with Gasteiger partial charge < -0.3 is 4.57 Å². The molecule has 0 bridgehead atoms. The van der Waals surface area contributed by atoms with Crippen LogP contribution in [0.15, 0.2) is 0 Å². The average molecular weight is 218 g/mol. The van der Waals surface area contributed by atoms with Gasteiger partial charge in [0.25, 0.3) is 0 Å². The Morgan fingerprint density at radius 2 is 1.31 bits per heavy atom. The van der Waals surface area contributed by atoms with Crippen LogP contribution in [0.2, 0.25) is 25.3 Å². The summed E-state index contributed by atoms with van der Waals surface area (Å²) in [6.07, 6.45) is 0. The Kier molecular flexibility index (Phi) is 6.17. The van der Waals surface area contributed by atoms with Gasteiger partial charge in [-0.3, -0.25) is 0 Å². The van der Waals surface area contributed by atoms with E-state index >= 15 is 0 Å². The monoisotopic (exact) mass is 217 g/mol. The van der Waals surface area contributed by atoms with Crippen LogP contribution in [0.3, 0.4) is 0 Å². The van der Waals surface area contributed by atoms with E-state index in [9.17, 15) is 0 Å². The molecule has 80 valence electrons. The molecular formula is C10H27NSi2. The van der Waals surface area contributed by atoms with Crippen molar-refractivity contribution in [1.29, 1.82) is 0 Å². The van der Waals surface area contributed by atoms with E-state index in [0.717, 1.165) is 12.1 Å². The van der Waals surface area contributed by atoms with Crippen molar-refractivity contribution < 1.29 is 0 Å². The molecule has 0 aliphatic rings. The molecule has 0 radical (unpaired) electrons. The Morgan fingerprint density at radius 3 is 1.54 bits per heavy atom. The van der Waals surface area contributed by atoms with E-state index < -0.39 is 8.96 Å². The molecule has 13 heavy (non-hydrogen) atoms. The van der Waals surface area contributed by atoms with E-state index in [1.165, 1.54) is 0 Å². The Labute approximate surface area is 87.8 Å². The lowest BCUT2D eigenvalue weighted by molar-refractivity contribution is 0.305. The molecular weight excluding hydrogens is 190 g/mol. The van der Waals surface area contributed by atoms with Crippen LogP contribution in [-0.4, -0.2) is 34.4 Å². The summed E-state index contributed by atoms with van der Waals surface area (Å²) in [4.78, 5) is 0. The zero-order valence-electron chi connectivity index (χ0n) is 10.5. The van der Waals surface area contributed by atoms with E-state index in [0.29, 0.717) is 0 Å². The average Bonchev–Trinajstić information content (AvgIpc) is 1.81. The summed E-state index contributed by atoms with van der Waals surface area (Å²) in [6.45, 7) is 16.8. The second kappa shape index (κ2) is 5.99. The Balaban J connectivity index is 4.20. The number of rotatable bonds is 5. The van der Waals surface area contributed by atoms with Crippen molar-refractivity contribution in [2.75, 3.05) is 0 Å². The fourth-order valence-electron chi connectivity index (χ4n) is 2.42. The molecule has 0 aromatic rings. The van der Waals surface area contributed by atoms with Crippen molar-refractivity contribution in [3.8, 4) is 0 Å². The van der Waals surface area contributed by atoms with Gasteiger partial charge in [0, 0.05) is 8.80 Å². The fourth-order valence-corrected chi connectivity index (χ4v) is 10.9. The van der Waals surface area contributed by atoms with Crippen LogP contribution in [0, 0.1) is 0 Å². The molecule has 0 saturated carbocycles. The zero-order valence-corrected chi connectivity index (χ0v) is 12.8. The first-order valence-electron chi connectivity index (χ1n) is 5.63. The van der Waals surface area contributed by atoms with E-state index in [1.54, 1.807) is 5.67 Å². The first-order chi connectivity index (χ1) is 5.86. The molecule has 0 aliphatic carbocycles. The predicted octanol–water partition coefficient (Wildman–Crippen LogP) is 2.48. The molecule has 0 fully saturated rings. The minimum Gasteiger partial charge on any atom is -0.322 e. The Hall–Kier alpha value is 0.394. The molecule has 1 unspecified atom stereocenters. The molecule has 0 heterocycles. The zero-order chi connectivity index (χ0) is 10.6. The highest BCUT2D eigenvalue weighted by Crippen LogP contribution is 2.12. The van der Waals surface area contributed by atoms with Crippen LogP contribution in [0.5, 0.6) is 0 Å². The van der Waals surface area contributed by atoms with Gasteiger partial charge in [0.2, 0.25) is 0 Å². The van der Waals surface area contributed by atoms with Crippen LogP contribution >= 0.6 is 0 Å². The maximum atomic E-state index is 2.77. The number of hydrogen-bond acceptors (Lipinski definition) is 1. The molecule has 0 amide bonds. The van der Waals surface area contributed by atoms with Crippen LogP contribution < -0.4 is 0 Å². The summed E-state index contributed by atoms with van der Waals surface area (Å²) in [6, 6.07) is 1.49. The molecule has 0 saturated heterocycles. The molecule has 3 heteroatoms. The number of hydrogen-bond donors (Lipinski definition) is 0. The van der Waals surface area contributed by atoms with Gasteiger partial charge in [-0.25, -0.2) is 0 Å². The van der Waals surface area contributed by atoms with E-state index in [4.69, 9.17) is 0 Å². The van der Waals surface area contributed by atoms with Crippen molar-refractivity contribution >= 4 is 17.8 Å². The first kappa shape index (κ1) is 13.4. The fraction of sp³-hybridized carbons (Fsp3) is 1.00. The minimum atomic E-state index is -0.596. The maximum Gasteiger partial charge on any atom is 0.106 e. The van der Waals surface area contributed by atoms with Crippen LogP contribution in [-0.2, 0) is 0 Å². The van der Waals surface area contributed by atoms with Gasteiger partial charge in [-0.05, 0) is 12.1 Å². The van der Waals surface area contributed by atoms with Crippen LogP contribution in [0.4, 0.5) is 0 Å². The molecule has 0 N–H and O–H groups in total. The molecule has 0 aromatic heterocycles. The van der Waals surface area contributed by atoms with Crippen molar-refractivity contribution in [3.63, 3.8) is 0 Å². The lowest BCUT2D eigenvalue weighted by atomic mass is 10.3. The van der Waals surface area contributed by atoms with Crippen LogP contribution in [0.25, 0.3) is 0 Å². The van der Waals surface area contributed by atoms with Crippen molar-refractivity contribution in [2.45, 2.75) is 65.1 Å². The smallest absolute Gasteiger partial charge is 0.106 e. The Morgan fingerprint density at radius 1 is 0.923 bits per heavy atom. The minimum absolute atomic E-state index is 0.347. The van der Waals surface area contributed by atoms with E-state index in [-0.39, 0.29) is 8.80 Å².